The molecule has 0 aromatic heterocycles. The van der Waals surface area contributed by atoms with Crippen molar-refractivity contribution in [2.24, 2.45) is 45.7 Å². The van der Waals surface area contributed by atoms with Crippen molar-refractivity contribution in [3.8, 4) is 0 Å². The minimum atomic E-state index is -1.11. The summed E-state index contributed by atoms with van der Waals surface area (Å²) in [4.78, 5) is 64.7. The van der Waals surface area contributed by atoms with Gasteiger partial charge in [-0.1, -0.05) is 233 Å². The molecule has 2 aliphatic heterocycles. The number of aliphatic imine (C=N–C) groups is 1. The molecule has 12 atom stereocenters. The van der Waals surface area contributed by atoms with E-state index in [1.54, 1.807) is 19.2 Å². The molecule has 2 fully saturated rings. The van der Waals surface area contributed by atoms with Crippen LogP contribution in [0.1, 0.15) is 150 Å². The molecule has 81 heavy (non-hydrogen) atoms. The Hall–Kier alpha value is -2.89. The largest absolute Gasteiger partial charge is 1.00 e. The number of hydrogen-bond donors (Lipinski definition) is 3. The second-order valence-corrected chi connectivity index (χ2v) is 21.1. The summed E-state index contributed by atoms with van der Waals surface area (Å²) in [5.41, 5.74) is 6.98. The van der Waals surface area contributed by atoms with Crippen LogP contribution in [0.5, 0.6) is 0 Å². The van der Waals surface area contributed by atoms with Gasteiger partial charge in [-0.2, -0.15) is 0 Å². The van der Waals surface area contributed by atoms with Gasteiger partial charge in [0.1, 0.15) is 17.6 Å². The fourth-order valence-corrected chi connectivity index (χ4v) is 8.55. The van der Waals surface area contributed by atoms with Gasteiger partial charge in [0.15, 0.2) is 12.5 Å². The van der Waals surface area contributed by atoms with E-state index in [9.17, 15) is 29.1 Å². The molecule has 5 N–H and O–H groups in total. The number of carbonyl (C=O) groups is 5. The molecule has 7 unspecified atom stereocenters. The molecule has 2 saturated heterocycles. The minimum Gasteiger partial charge on any atom is -0.870 e. The smallest absolute Gasteiger partial charge is 0.870 e. The number of cyclic esters (lactones) is 2. The first-order chi connectivity index (χ1) is 36.9. The SMILES string of the molecule is C=CCI.C=CC[C@@](C)(C(=O)O)C(C)CC.C=CC[C@]1(C(C)CC)C(=O)OC(c2ccccc2)N1C.CCC(C)[C@H](N)C(=O)O.CCC(C)[C@H](N=Cc1ccccc1)C(=O)[O-].CCC(C)[C@H]1C(=O)OC(c2ccccc2)N1C.[K+].[Na+].[OH-]. The summed E-state index contributed by atoms with van der Waals surface area (Å²) in [6.45, 7) is 32.6. The van der Waals surface area contributed by atoms with Gasteiger partial charge in [-0.15, -0.1) is 19.7 Å². The quantitative estimate of drug-likeness (QED) is 0.0262. The fourth-order valence-electron chi connectivity index (χ4n) is 8.55. The zero-order valence-corrected chi connectivity index (χ0v) is 58.7. The van der Waals surface area contributed by atoms with Crippen molar-refractivity contribution in [3.05, 3.63) is 146 Å². The van der Waals surface area contributed by atoms with Gasteiger partial charge in [-0.25, -0.2) is 4.79 Å². The Labute approximate surface area is 564 Å². The molecule has 3 aromatic carbocycles. The van der Waals surface area contributed by atoms with Gasteiger partial charge >= 0.3 is 105 Å². The number of ether oxygens (including phenoxy) is 2. The molecule has 0 amide bonds. The molecule has 18 heteroatoms. The van der Waals surface area contributed by atoms with E-state index < -0.39 is 40.9 Å². The number of allylic oxidation sites excluding steroid dienone is 2. The van der Waals surface area contributed by atoms with E-state index in [0.717, 1.165) is 53.2 Å². The predicted molar refractivity (Wildman–Crippen MR) is 325 cm³/mol. The van der Waals surface area contributed by atoms with Gasteiger partial charge in [0.2, 0.25) is 0 Å². The maximum absolute atomic E-state index is 12.6. The maximum atomic E-state index is 12.6. The molecule has 0 aliphatic carbocycles. The van der Waals surface area contributed by atoms with Gasteiger partial charge in [0.05, 0.1) is 17.4 Å². The molecule has 3 aromatic rings. The van der Waals surface area contributed by atoms with Crippen LogP contribution in [0, 0.1) is 35.0 Å². The van der Waals surface area contributed by atoms with E-state index in [-0.39, 0.29) is 141 Å². The third-order valence-electron chi connectivity index (χ3n) is 15.1. The van der Waals surface area contributed by atoms with Crippen LogP contribution in [0.2, 0.25) is 0 Å². The van der Waals surface area contributed by atoms with Crippen LogP contribution < -0.4 is 91.8 Å². The van der Waals surface area contributed by atoms with Crippen LogP contribution >= 0.6 is 22.6 Å². The number of likely N-dealkylation sites (N-methyl/N-ethyl adjacent to an activating group) is 2. The average molecular weight is 1270 g/mol. The van der Waals surface area contributed by atoms with E-state index in [0.29, 0.717) is 18.8 Å². The third-order valence-corrected chi connectivity index (χ3v) is 15.7. The molecule has 0 bridgehead atoms. The van der Waals surface area contributed by atoms with Crippen LogP contribution in [-0.2, 0) is 33.4 Å². The van der Waals surface area contributed by atoms with Crippen LogP contribution in [0.3, 0.4) is 0 Å². The van der Waals surface area contributed by atoms with E-state index in [1.165, 1.54) is 0 Å². The summed E-state index contributed by atoms with van der Waals surface area (Å²) < 4.78 is 12.2. The van der Waals surface area contributed by atoms with Gasteiger partial charge in [0, 0.05) is 21.8 Å². The Morgan fingerprint density at radius 3 is 1.59 bits per heavy atom. The number of benzene rings is 3. The summed E-state index contributed by atoms with van der Waals surface area (Å²) in [6.07, 6.45) is 11.9. The first-order valence-corrected chi connectivity index (χ1v) is 28.7. The summed E-state index contributed by atoms with van der Waals surface area (Å²) in [6, 6.07) is 27.6. The van der Waals surface area contributed by atoms with Crippen LogP contribution in [0.25, 0.3) is 0 Å². The van der Waals surface area contributed by atoms with Crippen molar-refractivity contribution >= 4 is 58.7 Å². The average Bonchev–Trinajstić information content (AvgIpc) is 3.89. The van der Waals surface area contributed by atoms with Crippen LogP contribution in [0.15, 0.2) is 134 Å². The topological polar surface area (TPSA) is 242 Å². The normalized spacial score (nSPS) is 20.4. The minimum absolute atomic E-state index is 0. The monoisotopic (exact) mass is 1270 g/mol. The molecule has 0 radical (unpaired) electrons. The second kappa shape index (κ2) is 45.5. The van der Waals surface area contributed by atoms with E-state index >= 15 is 0 Å². The van der Waals surface area contributed by atoms with Crippen molar-refractivity contribution in [3.63, 3.8) is 0 Å². The first kappa shape index (κ1) is 84.6. The number of nitrogens with two attached hydrogens (primary N) is 1. The molecular formula is C63H95IKN4NaO11. The number of alkyl halides is 1. The first-order valence-electron chi connectivity index (χ1n) is 27.2. The Bertz CT molecular complexity index is 2290. The summed E-state index contributed by atoms with van der Waals surface area (Å²) >= 11 is 2.23. The molecule has 5 rings (SSSR count). The van der Waals surface area contributed by atoms with Gasteiger partial charge in [-0.3, -0.25) is 29.2 Å². The molecule has 0 saturated carbocycles. The summed E-state index contributed by atoms with van der Waals surface area (Å²) in [7, 11) is 3.93. The number of aliphatic carboxylic acids is 3. The number of carboxylic acid groups (broad SMARTS) is 3. The number of carbonyl (C=O) groups excluding carboxylic acids is 3. The predicted octanol–water partition coefficient (Wildman–Crippen LogP) is 5.98. The number of nitrogens with zero attached hydrogens (tertiary/aromatic N) is 3. The van der Waals surface area contributed by atoms with Crippen molar-refractivity contribution in [1.82, 2.24) is 9.80 Å². The Morgan fingerprint density at radius 1 is 0.765 bits per heavy atom. The van der Waals surface area contributed by atoms with Crippen molar-refractivity contribution < 1.29 is 135 Å². The number of hydrogen-bond acceptors (Lipinski definition) is 13. The standard InChI is InChI=1S/C17H23NO2.C14H19NO2.C13H17NO2.C10H18O2.C6H13NO2.C3H5I.K.Na.H2O/c1-5-12-17(13(3)6-2)16(19)20-15(18(17)4)14-10-8-7-9-11-14;1-4-10(2)12-14(16)17-13(15(12)3)11-8-6-5-7-9-11;1-3-10(2)12(13(15)16)14-9-11-7-5-4-6-8-11;1-5-7-10(4,9(11)12)8(3)6-2;1-3-4(2)5(7)6(8)9;1-2-3-4;;;/h5,7-11,13,15H,1,6,12H2,2-4H3;5-10,12-13H,4H2,1-3H3;4-10,12H,3H2,1-2H3,(H,15,16);5,8H,1,6-7H2,2-4H3,(H,11,12);4-5H,3,7H2,1-2H3,(H,8,9);2H,1,3H2;;;1H2/q;;;;;;2*+1;/p-2/t13?,15?,17-;10?,12-,13?;10?,12-;8?,10-;4?,5-;;;;/m00010..../s1. The Balaban J connectivity index is -0.000000455. The van der Waals surface area contributed by atoms with Gasteiger partial charge < -0.3 is 40.8 Å². The van der Waals surface area contributed by atoms with E-state index in [4.69, 9.17) is 25.4 Å². The molecule has 2 aliphatic rings. The van der Waals surface area contributed by atoms with Gasteiger partial charge in [-0.05, 0) is 69.0 Å². The van der Waals surface area contributed by atoms with Crippen molar-refractivity contribution in [2.75, 3.05) is 18.5 Å². The molecular weight excluding hydrogens is 1180 g/mol. The van der Waals surface area contributed by atoms with Crippen LogP contribution in [-0.4, -0.2) is 104 Å². The number of rotatable bonds is 22. The Morgan fingerprint density at radius 2 is 1.23 bits per heavy atom. The van der Waals surface area contributed by atoms with E-state index in [1.807, 2.05) is 164 Å². The van der Waals surface area contributed by atoms with Gasteiger partial charge in [0.25, 0.3) is 0 Å². The summed E-state index contributed by atoms with van der Waals surface area (Å²) in [5, 5.41) is 28.3. The third kappa shape index (κ3) is 26.9. The fraction of sp³-hybridized carbons (Fsp3) is 0.524. The number of halogens is 1. The number of esters is 2. The zero-order chi connectivity index (χ0) is 59.8. The van der Waals surface area contributed by atoms with Crippen molar-refractivity contribution in [1.29, 1.82) is 0 Å². The summed E-state index contributed by atoms with van der Waals surface area (Å²) in [5.74, 6) is -2.20. The second-order valence-electron chi connectivity index (χ2n) is 20.3. The molecule has 15 nitrogen and oxygen atoms in total. The molecule has 442 valence electrons. The van der Waals surface area contributed by atoms with E-state index in [2.05, 4.69) is 79.9 Å². The Kier molecular flexibility index (Phi) is 47.5. The zero-order valence-electron chi connectivity index (χ0n) is 51.4. The van der Waals surface area contributed by atoms with Crippen LogP contribution in [0.4, 0.5) is 0 Å². The maximum Gasteiger partial charge on any atom is 1.00 e. The number of carboxylic acids is 3. The van der Waals surface area contributed by atoms with Crippen molar-refractivity contribution in [2.45, 2.75) is 157 Å². The molecule has 0 spiro atoms. The molecule has 2 heterocycles.